The fourth-order valence-corrected chi connectivity index (χ4v) is 2.88. The van der Waals surface area contributed by atoms with E-state index in [-0.39, 0.29) is 0 Å². The van der Waals surface area contributed by atoms with E-state index < -0.39 is 0 Å². The molecule has 0 fully saturated rings. The highest BCUT2D eigenvalue weighted by Crippen LogP contribution is 2.28. The van der Waals surface area contributed by atoms with Gasteiger partial charge in [-0.05, 0) is 53.2 Å². The van der Waals surface area contributed by atoms with Gasteiger partial charge in [-0.25, -0.2) is 4.98 Å². The van der Waals surface area contributed by atoms with Gasteiger partial charge < -0.3 is 14.5 Å². The van der Waals surface area contributed by atoms with Crippen molar-refractivity contribution in [1.29, 1.82) is 0 Å². The molecule has 2 heterocycles. The summed E-state index contributed by atoms with van der Waals surface area (Å²) >= 11 is 3.50. The van der Waals surface area contributed by atoms with E-state index in [4.69, 9.17) is 4.74 Å². The molecule has 0 atom stereocenters. The molecule has 3 rings (SSSR count). The molecule has 2 aromatic heterocycles. The first-order valence-electron chi connectivity index (χ1n) is 6.69. The molecule has 0 amide bonds. The fourth-order valence-electron chi connectivity index (χ4n) is 2.34. The molecule has 108 valence electrons. The Morgan fingerprint density at radius 3 is 2.90 bits per heavy atom. The number of fused-ring (bicyclic) bond motifs is 1. The number of anilines is 1. The van der Waals surface area contributed by atoms with Crippen LogP contribution in [0.1, 0.15) is 11.4 Å². The Balaban J connectivity index is 1.83. The SMILES string of the molecule is COc1ccc(NCc2c(C)nc3ccccn23)cc1Br. The van der Waals surface area contributed by atoms with Gasteiger partial charge in [0.2, 0.25) is 0 Å². The number of hydrogen-bond acceptors (Lipinski definition) is 3. The minimum atomic E-state index is 0.718. The van der Waals surface area contributed by atoms with Gasteiger partial charge in [0.15, 0.2) is 0 Å². The van der Waals surface area contributed by atoms with Gasteiger partial charge >= 0.3 is 0 Å². The van der Waals surface area contributed by atoms with Crippen LogP contribution >= 0.6 is 15.9 Å². The first-order chi connectivity index (χ1) is 10.2. The molecule has 0 aliphatic rings. The predicted octanol–water partition coefficient (Wildman–Crippen LogP) is 4.03. The summed E-state index contributed by atoms with van der Waals surface area (Å²) in [4.78, 5) is 4.56. The van der Waals surface area contributed by atoms with Gasteiger partial charge in [0.05, 0.1) is 29.5 Å². The molecule has 21 heavy (non-hydrogen) atoms. The Labute approximate surface area is 131 Å². The van der Waals surface area contributed by atoms with Crippen LogP contribution in [0, 0.1) is 6.92 Å². The summed E-state index contributed by atoms with van der Waals surface area (Å²) in [6.45, 7) is 2.75. The van der Waals surface area contributed by atoms with Crippen molar-refractivity contribution in [2.45, 2.75) is 13.5 Å². The summed E-state index contributed by atoms with van der Waals surface area (Å²) in [5, 5.41) is 3.43. The molecule has 0 spiro atoms. The van der Waals surface area contributed by atoms with Crippen molar-refractivity contribution in [3.05, 3.63) is 58.5 Å². The number of methoxy groups -OCH3 is 1. The van der Waals surface area contributed by atoms with E-state index >= 15 is 0 Å². The van der Waals surface area contributed by atoms with Crippen molar-refractivity contribution < 1.29 is 4.74 Å². The molecule has 0 unspecified atom stereocenters. The fraction of sp³-hybridized carbons (Fsp3) is 0.188. The van der Waals surface area contributed by atoms with Crippen LogP contribution in [-0.4, -0.2) is 16.5 Å². The van der Waals surface area contributed by atoms with E-state index in [1.54, 1.807) is 7.11 Å². The second-order valence-corrected chi connectivity index (χ2v) is 5.63. The van der Waals surface area contributed by atoms with Crippen molar-refractivity contribution in [3.8, 4) is 5.75 Å². The number of aryl methyl sites for hydroxylation is 1. The van der Waals surface area contributed by atoms with Crippen LogP contribution in [0.15, 0.2) is 47.1 Å². The molecule has 1 aromatic carbocycles. The van der Waals surface area contributed by atoms with Crippen molar-refractivity contribution in [3.63, 3.8) is 0 Å². The maximum atomic E-state index is 5.24. The van der Waals surface area contributed by atoms with Crippen LogP contribution in [0.25, 0.3) is 5.65 Å². The molecule has 4 nitrogen and oxygen atoms in total. The lowest BCUT2D eigenvalue weighted by molar-refractivity contribution is 0.412. The first-order valence-corrected chi connectivity index (χ1v) is 7.48. The number of nitrogens with one attached hydrogen (secondary N) is 1. The summed E-state index contributed by atoms with van der Waals surface area (Å²) in [7, 11) is 1.66. The topological polar surface area (TPSA) is 38.6 Å². The minimum absolute atomic E-state index is 0.718. The van der Waals surface area contributed by atoms with Gasteiger partial charge in [-0.1, -0.05) is 6.07 Å². The third-order valence-corrected chi connectivity index (χ3v) is 4.06. The van der Waals surface area contributed by atoms with Gasteiger partial charge in [-0.2, -0.15) is 0 Å². The monoisotopic (exact) mass is 345 g/mol. The number of imidazole rings is 1. The summed E-state index contributed by atoms with van der Waals surface area (Å²) in [6, 6.07) is 12.0. The molecule has 5 heteroatoms. The lowest BCUT2D eigenvalue weighted by Gasteiger charge is -2.09. The number of hydrogen-bond donors (Lipinski definition) is 1. The molecule has 0 aliphatic heterocycles. The van der Waals surface area contributed by atoms with Gasteiger partial charge in [-0.3, -0.25) is 0 Å². The van der Waals surface area contributed by atoms with E-state index in [1.165, 1.54) is 0 Å². The summed E-state index contributed by atoms with van der Waals surface area (Å²) in [5.74, 6) is 0.825. The van der Waals surface area contributed by atoms with Gasteiger partial charge in [-0.15, -0.1) is 0 Å². The van der Waals surface area contributed by atoms with Crippen molar-refractivity contribution in [2.24, 2.45) is 0 Å². The van der Waals surface area contributed by atoms with Crippen molar-refractivity contribution >= 4 is 27.3 Å². The van der Waals surface area contributed by atoms with Crippen LogP contribution in [-0.2, 0) is 6.54 Å². The third-order valence-electron chi connectivity index (χ3n) is 3.44. The number of halogens is 1. The van der Waals surface area contributed by atoms with Crippen LogP contribution in [0.5, 0.6) is 5.75 Å². The van der Waals surface area contributed by atoms with E-state index in [0.717, 1.165) is 39.5 Å². The third kappa shape index (κ3) is 2.74. The van der Waals surface area contributed by atoms with Crippen molar-refractivity contribution in [2.75, 3.05) is 12.4 Å². The first kappa shape index (κ1) is 13.9. The van der Waals surface area contributed by atoms with Crippen molar-refractivity contribution in [1.82, 2.24) is 9.38 Å². The van der Waals surface area contributed by atoms with Gasteiger partial charge in [0.1, 0.15) is 11.4 Å². The van der Waals surface area contributed by atoms with E-state index in [2.05, 4.69) is 30.6 Å². The zero-order valence-electron chi connectivity index (χ0n) is 11.9. The normalized spacial score (nSPS) is 10.8. The Morgan fingerprint density at radius 2 is 2.14 bits per heavy atom. The van der Waals surface area contributed by atoms with E-state index in [1.807, 2.05) is 49.5 Å². The second-order valence-electron chi connectivity index (χ2n) is 4.78. The summed E-state index contributed by atoms with van der Waals surface area (Å²) in [5.41, 5.74) is 4.22. The average molecular weight is 346 g/mol. The molecule has 0 bridgehead atoms. The molecule has 0 saturated heterocycles. The van der Waals surface area contributed by atoms with Crippen LogP contribution in [0.4, 0.5) is 5.69 Å². The largest absolute Gasteiger partial charge is 0.496 e. The van der Waals surface area contributed by atoms with E-state index in [9.17, 15) is 0 Å². The number of pyridine rings is 1. The Kier molecular flexibility index (Phi) is 3.84. The quantitative estimate of drug-likeness (QED) is 0.775. The Bertz CT molecular complexity index is 782. The molecule has 1 N–H and O–H groups in total. The number of nitrogens with zero attached hydrogens (tertiary/aromatic N) is 2. The van der Waals surface area contributed by atoms with Crippen LogP contribution in [0.2, 0.25) is 0 Å². The highest BCUT2D eigenvalue weighted by Gasteiger charge is 2.08. The molecular weight excluding hydrogens is 330 g/mol. The Morgan fingerprint density at radius 1 is 1.29 bits per heavy atom. The zero-order chi connectivity index (χ0) is 14.8. The molecular formula is C16H16BrN3O. The maximum absolute atomic E-state index is 5.24. The Hall–Kier alpha value is -2.01. The molecule has 0 radical (unpaired) electrons. The second kappa shape index (κ2) is 5.77. The van der Waals surface area contributed by atoms with Crippen LogP contribution < -0.4 is 10.1 Å². The number of rotatable bonds is 4. The standard InChI is InChI=1S/C16H16BrN3O/c1-11-14(20-8-4-3-5-16(20)19-11)10-18-12-6-7-15(21-2)13(17)9-12/h3-9,18H,10H2,1-2H3. The highest BCUT2D eigenvalue weighted by atomic mass is 79.9. The summed E-state index contributed by atoms with van der Waals surface area (Å²) < 4.78 is 8.29. The number of benzene rings is 1. The average Bonchev–Trinajstić information content (AvgIpc) is 2.81. The lowest BCUT2D eigenvalue weighted by Crippen LogP contribution is -2.04. The highest BCUT2D eigenvalue weighted by molar-refractivity contribution is 9.10. The number of ether oxygens (including phenoxy) is 1. The van der Waals surface area contributed by atoms with Crippen LogP contribution in [0.3, 0.4) is 0 Å². The minimum Gasteiger partial charge on any atom is -0.496 e. The summed E-state index contributed by atoms with van der Waals surface area (Å²) in [6.07, 6.45) is 2.04. The lowest BCUT2D eigenvalue weighted by atomic mass is 10.3. The molecule has 3 aromatic rings. The predicted molar refractivity (Wildman–Crippen MR) is 87.9 cm³/mol. The maximum Gasteiger partial charge on any atom is 0.137 e. The molecule has 0 aliphatic carbocycles. The molecule has 0 saturated carbocycles. The smallest absolute Gasteiger partial charge is 0.137 e. The number of aromatic nitrogens is 2. The van der Waals surface area contributed by atoms with Gasteiger partial charge in [0.25, 0.3) is 0 Å². The zero-order valence-corrected chi connectivity index (χ0v) is 13.5. The van der Waals surface area contributed by atoms with Gasteiger partial charge in [0, 0.05) is 11.9 Å². The van der Waals surface area contributed by atoms with E-state index in [0.29, 0.717) is 0 Å².